The quantitative estimate of drug-likeness (QED) is 0.294. The number of ether oxygens (including phenoxy) is 2. The summed E-state index contributed by atoms with van der Waals surface area (Å²) in [5.74, 6) is 0.541. The van der Waals surface area contributed by atoms with E-state index in [2.05, 4.69) is 0 Å². The van der Waals surface area contributed by atoms with Crippen molar-refractivity contribution in [3.63, 3.8) is 0 Å². The van der Waals surface area contributed by atoms with Gasteiger partial charge in [-0.1, -0.05) is 65.1 Å². The lowest BCUT2D eigenvalue weighted by molar-refractivity contribution is -0.123. The Kier molecular flexibility index (Phi) is 7.73. The van der Waals surface area contributed by atoms with E-state index in [0.717, 1.165) is 22.9 Å². The van der Waals surface area contributed by atoms with Crippen molar-refractivity contribution < 1.29 is 19.1 Å². The number of thioether (sulfide) groups is 1. The van der Waals surface area contributed by atoms with Crippen LogP contribution < -0.4 is 9.47 Å². The average molecular weight is 535 g/mol. The predicted molar refractivity (Wildman–Crippen MR) is 137 cm³/mol. The van der Waals surface area contributed by atoms with Crippen LogP contribution in [0.15, 0.2) is 65.6 Å². The van der Waals surface area contributed by atoms with Gasteiger partial charge in [0.05, 0.1) is 18.6 Å². The first-order valence-electron chi connectivity index (χ1n) is 10.1. The van der Waals surface area contributed by atoms with Crippen molar-refractivity contribution in [2.24, 2.45) is 0 Å². The Morgan fingerprint density at radius 3 is 2.41 bits per heavy atom. The lowest BCUT2D eigenvalue weighted by atomic mass is 10.1. The third-order valence-electron chi connectivity index (χ3n) is 5.03. The molecule has 0 saturated carbocycles. The van der Waals surface area contributed by atoms with E-state index in [1.807, 2.05) is 0 Å². The van der Waals surface area contributed by atoms with Crippen LogP contribution in [0, 0.1) is 0 Å². The molecule has 1 aliphatic heterocycles. The van der Waals surface area contributed by atoms with Gasteiger partial charge in [0.2, 0.25) is 0 Å². The molecule has 1 fully saturated rings. The van der Waals surface area contributed by atoms with Crippen LogP contribution in [-0.4, -0.2) is 23.2 Å². The number of para-hydroxylation sites is 1. The molecule has 0 bridgehead atoms. The summed E-state index contributed by atoms with van der Waals surface area (Å²) in [6.45, 7) is 0.324. The number of carbonyl (C=O) groups excluding carboxylic acids is 2. The second-order valence-electron chi connectivity index (χ2n) is 7.30. The summed E-state index contributed by atoms with van der Waals surface area (Å²) in [7, 11) is 1.53. The molecule has 4 rings (SSSR count). The van der Waals surface area contributed by atoms with Gasteiger partial charge < -0.3 is 9.47 Å². The summed E-state index contributed by atoms with van der Waals surface area (Å²) >= 11 is 19.0. The number of methoxy groups -OCH3 is 1. The Balaban J connectivity index is 1.59. The second kappa shape index (κ2) is 10.7. The molecule has 5 nitrogen and oxygen atoms in total. The van der Waals surface area contributed by atoms with Crippen LogP contribution >= 0.6 is 46.6 Å². The number of carbonyl (C=O) groups is 2. The highest BCUT2D eigenvalue weighted by Crippen LogP contribution is 2.38. The van der Waals surface area contributed by atoms with Gasteiger partial charge in [0.15, 0.2) is 11.5 Å². The van der Waals surface area contributed by atoms with Crippen LogP contribution in [0.1, 0.15) is 16.7 Å². The highest BCUT2D eigenvalue weighted by molar-refractivity contribution is 8.18. The number of amides is 2. The van der Waals surface area contributed by atoms with Crippen molar-refractivity contribution in [3.8, 4) is 11.5 Å². The van der Waals surface area contributed by atoms with Crippen LogP contribution in [-0.2, 0) is 17.9 Å². The number of imide groups is 1. The molecule has 9 heteroatoms. The van der Waals surface area contributed by atoms with Crippen molar-refractivity contribution in [1.82, 2.24) is 4.90 Å². The molecule has 0 N–H and O–H groups in total. The summed E-state index contributed by atoms with van der Waals surface area (Å²) in [6.07, 6.45) is 1.63. The highest BCUT2D eigenvalue weighted by Gasteiger charge is 2.35. The monoisotopic (exact) mass is 533 g/mol. The van der Waals surface area contributed by atoms with Crippen molar-refractivity contribution in [1.29, 1.82) is 0 Å². The van der Waals surface area contributed by atoms with E-state index >= 15 is 0 Å². The number of rotatable bonds is 7. The SMILES string of the molecule is COc1cccc(/C=C2/SC(=O)N(Cc3ccc(Cl)cc3)C2=O)c1OCc1ccc(Cl)cc1Cl. The minimum absolute atomic E-state index is 0.162. The van der Waals surface area contributed by atoms with Gasteiger partial charge in [0, 0.05) is 26.2 Å². The van der Waals surface area contributed by atoms with E-state index in [1.165, 1.54) is 12.0 Å². The summed E-state index contributed by atoms with van der Waals surface area (Å²) in [4.78, 5) is 27.1. The van der Waals surface area contributed by atoms with E-state index in [0.29, 0.717) is 37.0 Å². The van der Waals surface area contributed by atoms with Crippen LogP contribution in [0.3, 0.4) is 0 Å². The summed E-state index contributed by atoms with van der Waals surface area (Å²) in [6, 6.07) is 17.5. The summed E-state index contributed by atoms with van der Waals surface area (Å²) < 4.78 is 11.5. The van der Waals surface area contributed by atoms with Gasteiger partial charge in [-0.3, -0.25) is 14.5 Å². The minimum Gasteiger partial charge on any atom is -0.493 e. The van der Waals surface area contributed by atoms with Crippen molar-refractivity contribution in [2.45, 2.75) is 13.2 Å². The molecule has 0 atom stereocenters. The first-order chi connectivity index (χ1) is 16.4. The van der Waals surface area contributed by atoms with Gasteiger partial charge >= 0.3 is 0 Å². The van der Waals surface area contributed by atoms with Crippen LogP contribution in [0.2, 0.25) is 15.1 Å². The van der Waals surface area contributed by atoms with Crippen molar-refractivity contribution >= 4 is 63.8 Å². The van der Waals surface area contributed by atoms with Crippen LogP contribution in [0.25, 0.3) is 6.08 Å². The first-order valence-corrected chi connectivity index (χ1v) is 12.0. The third-order valence-corrected chi connectivity index (χ3v) is 6.78. The molecule has 0 radical (unpaired) electrons. The summed E-state index contributed by atoms with van der Waals surface area (Å²) in [5.41, 5.74) is 2.14. The Morgan fingerprint density at radius 1 is 0.971 bits per heavy atom. The Morgan fingerprint density at radius 2 is 1.71 bits per heavy atom. The maximum Gasteiger partial charge on any atom is 0.293 e. The smallest absolute Gasteiger partial charge is 0.293 e. The number of hydrogen-bond acceptors (Lipinski definition) is 5. The second-order valence-corrected chi connectivity index (χ2v) is 9.57. The summed E-state index contributed by atoms with van der Waals surface area (Å²) in [5, 5.41) is 1.25. The zero-order valence-corrected chi connectivity index (χ0v) is 21.0. The Bertz CT molecular complexity index is 1280. The predicted octanol–water partition coefficient (Wildman–Crippen LogP) is 7.47. The largest absolute Gasteiger partial charge is 0.493 e. The molecule has 34 heavy (non-hydrogen) atoms. The normalized spacial score (nSPS) is 14.7. The molecule has 3 aromatic carbocycles. The molecule has 1 heterocycles. The van der Waals surface area contributed by atoms with Crippen molar-refractivity contribution in [3.05, 3.63) is 97.3 Å². The van der Waals surface area contributed by atoms with E-state index in [1.54, 1.807) is 66.7 Å². The highest BCUT2D eigenvalue weighted by atomic mass is 35.5. The van der Waals surface area contributed by atoms with E-state index in [-0.39, 0.29) is 24.3 Å². The fourth-order valence-electron chi connectivity index (χ4n) is 3.30. The van der Waals surface area contributed by atoms with E-state index in [4.69, 9.17) is 44.3 Å². The van der Waals surface area contributed by atoms with E-state index < -0.39 is 0 Å². The van der Waals surface area contributed by atoms with Gasteiger partial charge in [-0.2, -0.15) is 0 Å². The standard InChI is InChI=1S/C25H18Cl3NO4S/c1-32-21-4-2-3-16(23(21)33-14-17-7-10-19(27)12-20(17)28)11-22-24(30)29(25(31)34-22)13-15-5-8-18(26)9-6-15/h2-12H,13-14H2,1H3/b22-11+. The molecule has 0 aromatic heterocycles. The Labute approximate surface area is 216 Å². The fourth-order valence-corrected chi connectivity index (χ4v) is 4.72. The van der Waals surface area contributed by atoms with Gasteiger partial charge in [-0.25, -0.2) is 0 Å². The lowest BCUT2D eigenvalue weighted by Crippen LogP contribution is -2.27. The maximum absolute atomic E-state index is 13.0. The zero-order chi connectivity index (χ0) is 24.2. The number of halogens is 3. The van der Waals surface area contributed by atoms with Gasteiger partial charge in [-0.15, -0.1) is 0 Å². The van der Waals surface area contributed by atoms with Crippen LogP contribution in [0.4, 0.5) is 4.79 Å². The minimum atomic E-state index is -0.375. The number of hydrogen-bond donors (Lipinski definition) is 0. The molecule has 0 unspecified atom stereocenters. The zero-order valence-electron chi connectivity index (χ0n) is 17.9. The van der Waals surface area contributed by atoms with Gasteiger partial charge in [0.25, 0.3) is 11.1 Å². The molecular formula is C25H18Cl3NO4S. The molecule has 1 aliphatic rings. The van der Waals surface area contributed by atoms with E-state index in [9.17, 15) is 9.59 Å². The maximum atomic E-state index is 13.0. The van der Waals surface area contributed by atoms with Crippen LogP contribution in [0.5, 0.6) is 11.5 Å². The molecule has 0 spiro atoms. The van der Waals surface area contributed by atoms with Gasteiger partial charge in [-0.05, 0) is 53.7 Å². The topological polar surface area (TPSA) is 55.8 Å². The molecule has 2 amide bonds. The lowest BCUT2D eigenvalue weighted by Gasteiger charge is -2.15. The fraction of sp³-hybridized carbons (Fsp3) is 0.120. The molecule has 3 aromatic rings. The number of benzene rings is 3. The molecule has 0 aliphatic carbocycles. The molecule has 174 valence electrons. The number of nitrogens with zero attached hydrogens (tertiary/aromatic N) is 1. The van der Waals surface area contributed by atoms with Crippen molar-refractivity contribution in [2.75, 3.05) is 7.11 Å². The average Bonchev–Trinajstić information content (AvgIpc) is 3.07. The first kappa shape index (κ1) is 24.5. The molecule has 1 saturated heterocycles. The third kappa shape index (κ3) is 5.53. The molecular weight excluding hydrogens is 517 g/mol. The van der Waals surface area contributed by atoms with Gasteiger partial charge in [0.1, 0.15) is 6.61 Å². The Hall–Kier alpha value is -2.64.